The van der Waals surface area contributed by atoms with Crippen LogP contribution in [-0.2, 0) is 11.0 Å². The van der Waals surface area contributed by atoms with Gasteiger partial charge in [-0.05, 0) is 56.2 Å². The van der Waals surface area contributed by atoms with Crippen LogP contribution < -0.4 is 10.1 Å². The monoisotopic (exact) mass is 371 g/mol. The summed E-state index contributed by atoms with van der Waals surface area (Å²) in [5.74, 6) is -0.256. The van der Waals surface area contributed by atoms with Crippen LogP contribution in [0.4, 0.5) is 18.9 Å². The lowest BCUT2D eigenvalue weighted by atomic mass is 10.1. The average molecular weight is 372 g/mol. The van der Waals surface area contributed by atoms with Gasteiger partial charge in [-0.3, -0.25) is 4.79 Å². The first-order chi connectivity index (χ1) is 11.6. The molecule has 2 aromatic rings. The maximum atomic E-state index is 13.0. The molecule has 0 saturated carbocycles. The molecule has 1 amide bonds. The van der Waals surface area contributed by atoms with Gasteiger partial charge in [0.15, 0.2) is 6.10 Å². The van der Waals surface area contributed by atoms with E-state index < -0.39 is 23.8 Å². The van der Waals surface area contributed by atoms with Gasteiger partial charge in [0.2, 0.25) is 0 Å². The first kappa shape index (κ1) is 19.1. The zero-order valence-electron chi connectivity index (χ0n) is 13.9. The summed E-state index contributed by atoms with van der Waals surface area (Å²) in [6, 6.07) is 8.13. The number of amides is 1. The fourth-order valence-electron chi connectivity index (χ4n) is 2.31. The molecule has 134 valence electrons. The van der Waals surface area contributed by atoms with Crippen LogP contribution >= 0.6 is 11.6 Å². The summed E-state index contributed by atoms with van der Waals surface area (Å²) in [5, 5.41) is 2.87. The van der Waals surface area contributed by atoms with E-state index in [1.165, 1.54) is 25.1 Å². The molecular formula is C18H17ClF3NO2. The molecule has 0 radical (unpaired) electrons. The van der Waals surface area contributed by atoms with Crippen molar-refractivity contribution in [3.05, 3.63) is 58.1 Å². The maximum Gasteiger partial charge on any atom is 0.418 e. The quantitative estimate of drug-likeness (QED) is 0.783. The number of halogens is 4. The third-order valence-corrected chi connectivity index (χ3v) is 4.18. The molecule has 7 heteroatoms. The van der Waals surface area contributed by atoms with E-state index in [9.17, 15) is 18.0 Å². The van der Waals surface area contributed by atoms with Crippen LogP contribution in [0.3, 0.4) is 0 Å². The molecule has 2 rings (SSSR count). The van der Waals surface area contributed by atoms with E-state index in [4.69, 9.17) is 16.3 Å². The Kier molecular flexibility index (Phi) is 5.62. The van der Waals surface area contributed by atoms with Crippen LogP contribution in [0.25, 0.3) is 0 Å². The number of nitrogens with one attached hydrogen (secondary N) is 1. The summed E-state index contributed by atoms with van der Waals surface area (Å²) in [5.41, 5.74) is 0.353. The number of hydrogen-bond donors (Lipinski definition) is 1. The van der Waals surface area contributed by atoms with Crippen molar-refractivity contribution in [1.29, 1.82) is 0 Å². The Hall–Kier alpha value is -2.21. The van der Waals surface area contributed by atoms with Crippen LogP contribution in [0.5, 0.6) is 5.75 Å². The molecule has 0 heterocycles. The molecule has 1 atom stereocenters. The fraction of sp³-hybridized carbons (Fsp3) is 0.278. The van der Waals surface area contributed by atoms with Crippen molar-refractivity contribution in [3.63, 3.8) is 0 Å². The van der Waals surface area contributed by atoms with Crippen molar-refractivity contribution >= 4 is 23.2 Å². The molecule has 1 N–H and O–H groups in total. The summed E-state index contributed by atoms with van der Waals surface area (Å²) in [7, 11) is 0. The Labute approximate surface area is 148 Å². The standard InChI is InChI=1S/C18H17ClF3NO2/c1-10-8-13(9-11(2)16(10)19)25-12(3)17(24)23-15-7-5-4-6-14(15)18(20,21)22/h4-9,12H,1-3H3,(H,23,24). The molecule has 0 fully saturated rings. The number of benzene rings is 2. The number of anilines is 1. The van der Waals surface area contributed by atoms with Crippen LogP contribution in [0, 0.1) is 13.8 Å². The van der Waals surface area contributed by atoms with Crippen molar-refractivity contribution in [3.8, 4) is 5.75 Å². The molecule has 0 saturated heterocycles. The summed E-state index contributed by atoms with van der Waals surface area (Å²) < 4.78 is 44.5. The van der Waals surface area contributed by atoms with Gasteiger partial charge in [0.25, 0.3) is 5.91 Å². The van der Waals surface area contributed by atoms with E-state index in [0.29, 0.717) is 10.8 Å². The zero-order chi connectivity index (χ0) is 18.8. The van der Waals surface area contributed by atoms with E-state index in [1.54, 1.807) is 26.0 Å². The highest BCUT2D eigenvalue weighted by Crippen LogP contribution is 2.34. The normalized spacial score (nSPS) is 12.6. The van der Waals surface area contributed by atoms with Gasteiger partial charge >= 0.3 is 6.18 Å². The molecule has 25 heavy (non-hydrogen) atoms. The van der Waals surface area contributed by atoms with Crippen LogP contribution in [0.15, 0.2) is 36.4 Å². The van der Waals surface area contributed by atoms with Gasteiger partial charge in [-0.15, -0.1) is 0 Å². The van der Waals surface area contributed by atoms with Gasteiger partial charge in [0.1, 0.15) is 5.75 Å². The van der Waals surface area contributed by atoms with Gasteiger partial charge in [0.05, 0.1) is 11.3 Å². The Morgan fingerprint density at radius 3 is 2.28 bits per heavy atom. The Morgan fingerprint density at radius 2 is 1.72 bits per heavy atom. The third kappa shape index (κ3) is 4.66. The highest BCUT2D eigenvalue weighted by Gasteiger charge is 2.34. The minimum absolute atomic E-state index is 0.307. The minimum atomic E-state index is -4.56. The first-order valence-corrected chi connectivity index (χ1v) is 7.88. The second-order valence-corrected chi connectivity index (χ2v) is 6.04. The molecule has 3 nitrogen and oxygen atoms in total. The molecule has 0 aliphatic carbocycles. The highest BCUT2D eigenvalue weighted by atomic mass is 35.5. The SMILES string of the molecule is Cc1cc(OC(C)C(=O)Nc2ccccc2C(F)(F)F)cc(C)c1Cl. The predicted molar refractivity (Wildman–Crippen MR) is 91.1 cm³/mol. The van der Waals surface area contributed by atoms with Crippen LogP contribution in [-0.4, -0.2) is 12.0 Å². The van der Waals surface area contributed by atoms with E-state index in [2.05, 4.69) is 5.32 Å². The van der Waals surface area contributed by atoms with Gasteiger partial charge in [-0.2, -0.15) is 13.2 Å². The zero-order valence-corrected chi connectivity index (χ0v) is 14.6. The Bertz CT molecular complexity index is 767. The van der Waals surface area contributed by atoms with Crippen LogP contribution in [0.1, 0.15) is 23.6 Å². The molecule has 0 spiro atoms. The minimum Gasteiger partial charge on any atom is -0.481 e. The van der Waals surface area contributed by atoms with Crippen molar-refractivity contribution in [2.45, 2.75) is 33.1 Å². The molecular weight excluding hydrogens is 355 g/mol. The van der Waals surface area contributed by atoms with Crippen molar-refractivity contribution in [1.82, 2.24) is 0 Å². The fourth-order valence-corrected chi connectivity index (χ4v) is 2.41. The number of rotatable bonds is 4. The summed E-state index contributed by atoms with van der Waals surface area (Å²) in [6.45, 7) is 5.06. The van der Waals surface area contributed by atoms with Gasteiger partial charge in [-0.25, -0.2) is 0 Å². The summed E-state index contributed by atoms with van der Waals surface area (Å²) in [6.07, 6.45) is -5.54. The number of ether oxygens (including phenoxy) is 1. The van der Waals surface area contributed by atoms with Gasteiger partial charge < -0.3 is 10.1 Å². The maximum absolute atomic E-state index is 13.0. The lowest BCUT2D eigenvalue weighted by Crippen LogP contribution is -2.31. The lowest BCUT2D eigenvalue weighted by molar-refractivity contribution is -0.137. The number of aryl methyl sites for hydroxylation is 2. The van der Waals surface area contributed by atoms with Crippen molar-refractivity contribution < 1.29 is 22.7 Å². The first-order valence-electron chi connectivity index (χ1n) is 7.50. The van der Waals surface area contributed by atoms with Gasteiger partial charge in [-0.1, -0.05) is 23.7 Å². The molecule has 1 unspecified atom stereocenters. The number of hydrogen-bond acceptors (Lipinski definition) is 2. The van der Waals surface area contributed by atoms with E-state index >= 15 is 0 Å². The number of carbonyl (C=O) groups is 1. The third-order valence-electron chi connectivity index (χ3n) is 3.58. The van der Waals surface area contributed by atoms with Crippen molar-refractivity contribution in [2.24, 2.45) is 0 Å². The van der Waals surface area contributed by atoms with E-state index in [-0.39, 0.29) is 5.69 Å². The molecule has 0 aliphatic rings. The van der Waals surface area contributed by atoms with E-state index in [0.717, 1.165) is 17.2 Å². The van der Waals surface area contributed by atoms with Crippen molar-refractivity contribution in [2.75, 3.05) is 5.32 Å². The highest BCUT2D eigenvalue weighted by molar-refractivity contribution is 6.32. The molecule has 2 aromatic carbocycles. The van der Waals surface area contributed by atoms with E-state index in [1.807, 2.05) is 0 Å². The molecule has 0 aliphatic heterocycles. The summed E-state index contributed by atoms with van der Waals surface area (Å²) in [4.78, 5) is 12.2. The molecule has 0 aromatic heterocycles. The Morgan fingerprint density at radius 1 is 1.16 bits per heavy atom. The number of carbonyl (C=O) groups excluding carboxylic acids is 1. The van der Waals surface area contributed by atoms with Crippen LogP contribution in [0.2, 0.25) is 5.02 Å². The largest absolute Gasteiger partial charge is 0.481 e. The average Bonchev–Trinajstić information content (AvgIpc) is 2.52. The van der Waals surface area contributed by atoms with Gasteiger partial charge in [0, 0.05) is 5.02 Å². The lowest BCUT2D eigenvalue weighted by Gasteiger charge is -2.18. The number of alkyl halides is 3. The topological polar surface area (TPSA) is 38.3 Å². The smallest absolute Gasteiger partial charge is 0.418 e. The number of para-hydroxylation sites is 1. The molecule has 0 bridgehead atoms. The summed E-state index contributed by atoms with van der Waals surface area (Å²) >= 11 is 6.07. The predicted octanol–water partition coefficient (Wildman–Crippen LogP) is 5.38. The Balaban J connectivity index is 2.14. The second-order valence-electron chi connectivity index (χ2n) is 5.66. The second kappa shape index (κ2) is 7.35.